The van der Waals surface area contributed by atoms with Gasteiger partial charge in [-0.2, -0.15) is 9.35 Å². The van der Waals surface area contributed by atoms with Crippen LogP contribution in [0.5, 0.6) is 5.75 Å². The third-order valence-electron chi connectivity index (χ3n) is 4.93. The molecule has 16 heteroatoms. The quantitative estimate of drug-likeness (QED) is 0.0613. The van der Waals surface area contributed by atoms with Crippen LogP contribution in [0.2, 0.25) is 0 Å². The Bertz CT molecular complexity index is 1140. The smallest absolute Gasteiger partial charge is 0.290 e. The number of nitrogens with zero attached hydrogens (tertiary/aromatic N) is 3. The van der Waals surface area contributed by atoms with Crippen LogP contribution in [-0.2, 0) is 23.5 Å². The van der Waals surface area contributed by atoms with Crippen molar-refractivity contribution in [1.29, 1.82) is 5.41 Å². The summed E-state index contributed by atoms with van der Waals surface area (Å²) in [6.45, 7) is 13.0. The van der Waals surface area contributed by atoms with Crippen molar-refractivity contribution in [3.8, 4) is 5.75 Å². The van der Waals surface area contributed by atoms with Crippen molar-refractivity contribution in [2.45, 2.75) is 60.0 Å². The van der Waals surface area contributed by atoms with Crippen molar-refractivity contribution in [3.63, 3.8) is 0 Å². The third-order valence-corrected chi connectivity index (χ3v) is 5.82. The highest BCUT2D eigenvalue weighted by atomic mass is 32.2. The number of amides is 2. The number of aromatic nitrogens is 1. The fourth-order valence-electron chi connectivity index (χ4n) is 3.07. The zero-order chi connectivity index (χ0) is 31.6. The maximum absolute atomic E-state index is 12.9. The molecule has 1 aliphatic rings. The lowest BCUT2D eigenvalue weighted by molar-refractivity contribution is -0.214. The van der Waals surface area contributed by atoms with Gasteiger partial charge in [-0.25, -0.2) is 4.98 Å². The molecule has 0 bridgehead atoms. The molecular weight excluding hydrogens is 576 g/mol. The lowest BCUT2D eigenvalue weighted by Gasteiger charge is -2.50. The molecule has 2 aromatic rings. The summed E-state index contributed by atoms with van der Waals surface area (Å²) in [6.07, 6.45) is 0. The van der Waals surface area contributed by atoms with Gasteiger partial charge < -0.3 is 35.7 Å². The normalized spacial score (nSPS) is 14.8. The Hall–Kier alpha value is -3.73. The third kappa shape index (κ3) is 11.0. The Morgan fingerprint density at radius 2 is 1.85 bits per heavy atom. The number of hydroxylamine groups is 2. The van der Waals surface area contributed by atoms with Crippen LogP contribution >= 0.6 is 23.7 Å². The van der Waals surface area contributed by atoms with E-state index in [0.717, 1.165) is 22.0 Å². The predicted molar refractivity (Wildman–Crippen MR) is 159 cm³/mol. The molecule has 0 saturated carbocycles. The molecule has 2 heterocycles. The van der Waals surface area contributed by atoms with E-state index < -0.39 is 23.4 Å². The number of hydrogen-bond donors (Lipinski definition) is 5. The van der Waals surface area contributed by atoms with Gasteiger partial charge >= 0.3 is 0 Å². The zero-order valence-electron chi connectivity index (χ0n) is 24.0. The maximum atomic E-state index is 12.9. The number of carbonyl (C=O) groups is 3. The second-order valence-electron chi connectivity index (χ2n) is 7.79. The van der Waals surface area contributed by atoms with Crippen molar-refractivity contribution < 1.29 is 37.9 Å². The molecule has 14 nitrogen and oxygen atoms in total. The summed E-state index contributed by atoms with van der Waals surface area (Å²) in [4.78, 5) is 42.9. The molecule has 228 valence electrons. The number of β-lactam (4-membered cyclic amide) rings is 1. The van der Waals surface area contributed by atoms with E-state index in [2.05, 4.69) is 15.5 Å². The number of benzene rings is 1. The molecule has 0 radical (unpaired) electrons. The molecule has 3 rings (SSSR count). The molecule has 41 heavy (non-hydrogen) atoms. The number of carboxylic acid groups (broad SMARTS) is 1. The van der Waals surface area contributed by atoms with Gasteiger partial charge in [-0.05, 0) is 50.6 Å². The summed E-state index contributed by atoms with van der Waals surface area (Å²) in [5.74, 6) is -0.622. The van der Waals surface area contributed by atoms with E-state index in [1.165, 1.54) is 0 Å². The minimum Gasteiger partial charge on any atom is -0.490 e. The number of ether oxygens (including phenoxy) is 1. The molecule has 1 saturated heterocycles. The first-order valence-electron chi connectivity index (χ1n) is 12.5. The van der Waals surface area contributed by atoms with Crippen molar-refractivity contribution in [3.05, 3.63) is 40.9 Å². The topological polar surface area (TPSA) is 210 Å². The molecule has 1 aliphatic heterocycles. The number of oxime groups is 1. The first-order valence-corrected chi connectivity index (χ1v) is 14.0. The zero-order valence-corrected chi connectivity index (χ0v) is 25.7. The van der Waals surface area contributed by atoms with Crippen molar-refractivity contribution in [2.24, 2.45) is 5.16 Å². The Morgan fingerprint density at radius 1 is 1.27 bits per heavy atom. The minimum absolute atomic E-state index is 0.0327. The van der Waals surface area contributed by atoms with Crippen LogP contribution in [-0.4, -0.2) is 74.2 Å². The van der Waals surface area contributed by atoms with Crippen LogP contribution in [0, 0.1) is 5.41 Å². The molecule has 1 atom stereocenters. The molecular formula is C25H38N6O8S2. The van der Waals surface area contributed by atoms with Gasteiger partial charge in [-0.15, -0.1) is 11.3 Å². The number of nitrogens with one attached hydrogen (secondary N) is 2. The van der Waals surface area contributed by atoms with E-state index in [9.17, 15) is 9.59 Å². The van der Waals surface area contributed by atoms with Crippen molar-refractivity contribution in [1.82, 2.24) is 15.4 Å². The highest BCUT2D eigenvalue weighted by Crippen LogP contribution is 2.33. The highest BCUT2D eigenvalue weighted by Gasteiger charge is 2.57. The number of nitrogens with two attached hydrogens (primary N) is 1. The Balaban J connectivity index is 0.00000210. The summed E-state index contributed by atoms with van der Waals surface area (Å²) >= 11 is 1.16. The summed E-state index contributed by atoms with van der Waals surface area (Å²) in [6, 6.07) is 6.13. The van der Waals surface area contributed by atoms with E-state index in [1.54, 1.807) is 50.4 Å². The van der Waals surface area contributed by atoms with Gasteiger partial charge in [0.1, 0.15) is 24.1 Å². The number of anilines is 1. The van der Waals surface area contributed by atoms with Crippen LogP contribution in [0.25, 0.3) is 0 Å². The molecule has 1 aromatic carbocycles. The number of nitrogen functional groups attached to an aromatic ring is 1. The predicted octanol–water partition coefficient (Wildman–Crippen LogP) is 3.82. The fourth-order valence-corrected chi connectivity index (χ4v) is 3.95. The Labute approximate surface area is 247 Å². The van der Waals surface area contributed by atoms with Crippen LogP contribution in [0.4, 0.5) is 5.13 Å². The minimum atomic E-state index is -0.913. The summed E-state index contributed by atoms with van der Waals surface area (Å²) in [5, 5.41) is 23.7. The lowest BCUT2D eigenvalue weighted by atomic mass is 9.84. The van der Waals surface area contributed by atoms with Gasteiger partial charge in [0.05, 0.1) is 5.54 Å². The summed E-state index contributed by atoms with van der Waals surface area (Å²) in [5.41, 5.74) is 6.07. The average Bonchev–Trinajstić information content (AvgIpc) is 3.40. The maximum Gasteiger partial charge on any atom is 0.290 e. The molecule has 1 aromatic heterocycles. The first kappa shape index (κ1) is 37.3. The Kier molecular flexibility index (Phi) is 17.6. The van der Waals surface area contributed by atoms with E-state index in [4.69, 9.17) is 39.5 Å². The van der Waals surface area contributed by atoms with E-state index in [-0.39, 0.29) is 48.5 Å². The monoisotopic (exact) mass is 614 g/mol. The van der Waals surface area contributed by atoms with E-state index >= 15 is 0 Å². The van der Waals surface area contributed by atoms with Crippen LogP contribution in [0.1, 0.15) is 59.7 Å². The fraction of sp³-hybridized carbons (Fsp3) is 0.440. The van der Waals surface area contributed by atoms with Crippen LogP contribution < -0.4 is 15.8 Å². The molecule has 2 amide bonds. The number of hydrogen-bond acceptors (Lipinski definition) is 13. The molecule has 0 aliphatic carbocycles. The average molecular weight is 615 g/mol. The second-order valence-corrected chi connectivity index (χ2v) is 8.98. The standard InChI is InChI=1S/C20H24N6O6S2.2C2H6.CH2O2/c1-11(21)12-4-6-13(7-5-12)30-8-9-31-25-15(14-10-33-19(22)23-14)17(27)24-16-18(28)26(32-34-29)20(16,2)3;2*1-2;2-1-3/h4-7,10,16,21,29H,8-9H2,1-3H3,(H2,22,23)(H,24,27);2*1-2H3;1H,(H,2,3)/b21-11?,25-15-;;;/t16-;;;/m1.../s1. The number of thiazole rings is 1. The van der Waals surface area contributed by atoms with Gasteiger partial charge in [-0.3, -0.25) is 14.4 Å². The molecule has 1 fully saturated rings. The lowest BCUT2D eigenvalue weighted by Crippen LogP contribution is -2.76. The van der Waals surface area contributed by atoms with Gasteiger partial charge in [0.2, 0.25) is 0 Å². The number of carbonyl (C=O) groups excluding carboxylic acids is 2. The second kappa shape index (κ2) is 19.4. The largest absolute Gasteiger partial charge is 0.490 e. The molecule has 6 N–H and O–H groups in total. The van der Waals surface area contributed by atoms with Gasteiger partial charge in [-0.1, -0.05) is 32.9 Å². The number of rotatable bonds is 11. The van der Waals surface area contributed by atoms with Gasteiger partial charge in [0.25, 0.3) is 18.3 Å². The summed E-state index contributed by atoms with van der Waals surface area (Å²) in [7, 11) is 0. The van der Waals surface area contributed by atoms with Crippen LogP contribution in [0.3, 0.4) is 0 Å². The summed E-state index contributed by atoms with van der Waals surface area (Å²) < 4.78 is 19.2. The van der Waals surface area contributed by atoms with E-state index in [0.29, 0.717) is 11.5 Å². The first-order chi connectivity index (χ1) is 19.6. The van der Waals surface area contributed by atoms with Crippen LogP contribution in [0.15, 0.2) is 34.8 Å². The molecule has 0 unspecified atom stereocenters. The molecule has 0 spiro atoms. The Morgan fingerprint density at radius 3 is 2.32 bits per heavy atom. The highest BCUT2D eigenvalue weighted by molar-refractivity contribution is 7.88. The van der Waals surface area contributed by atoms with Crippen molar-refractivity contribution in [2.75, 3.05) is 18.9 Å². The van der Waals surface area contributed by atoms with Crippen molar-refractivity contribution >= 4 is 58.5 Å². The SMILES string of the molecule is CC.CC.CC(=N)c1ccc(OCCO/N=C(\C(=O)N[C@@H]2C(=O)N(OSO)C2(C)C)c2csc(N)n2)cc1.O=CO. The van der Waals surface area contributed by atoms with Gasteiger partial charge in [0.15, 0.2) is 29.8 Å². The van der Waals surface area contributed by atoms with Gasteiger partial charge in [0, 0.05) is 11.1 Å². The van der Waals surface area contributed by atoms with E-state index in [1.807, 2.05) is 27.7 Å².